The highest BCUT2D eigenvalue weighted by Crippen LogP contribution is 2.23. The molecule has 0 fully saturated rings. The van der Waals surface area contributed by atoms with Gasteiger partial charge in [0.05, 0.1) is 27.1 Å². The number of hydrogen-bond acceptors (Lipinski definition) is 8. The lowest BCUT2D eigenvalue weighted by atomic mass is 9.95. The van der Waals surface area contributed by atoms with Crippen LogP contribution in [0.3, 0.4) is 0 Å². The number of carbonyl (C=O) groups excluding carboxylic acids is 3. The fraction of sp³-hybridized carbons (Fsp3) is 0.769. The van der Waals surface area contributed by atoms with E-state index in [9.17, 15) is 14.4 Å². The first-order valence-corrected chi connectivity index (χ1v) is 6.55. The number of esters is 2. The lowest BCUT2D eigenvalue weighted by Gasteiger charge is -2.26. The Hall–Kier alpha value is -1.67. The first kappa shape index (κ1) is 24.4. The first-order chi connectivity index (χ1) is 9.95. The second-order valence-corrected chi connectivity index (χ2v) is 3.11. The van der Waals surface area contributed by atoms with Crippen molar-refractivity contribution in [3.05, 3.63) is 0 Å². The lowest BCUT2D eigenvalue weighted by molar-refractivity contribution is -0.179. The van der Waals surface area contributed by atoms with Gasteiger partial charge in [0.25, 0.3) is 0 Å². The van der Waals surface area contributed by atoms with Crippen LogP contribution in [0.4, 0.5) is 0 Å². The molecule has 0 aliphatic carbocycles. The average Bonchev–Trinajstić information content (AvgIpc) is 2.56. The maximum atomic E-state index is 11.6. The highest BCUT2D eigenvalue weighted by molar-refractivity contribution is 5.90. The Morgan fingerprint density at radius 2 is 1.29 bits per heavy atom. The Morgan fingerprint density at radius 1 is 0.857 bits per heavy atom. The molecule has 2 N–H and O–H groups in total. The second kappa shape index (κ2) is 14.7. The maximum absolute atomic E-state index is 11.6. The summed E-state index contributed by atoms with van der Waals surface area (Å²) in [5.74, 6) is 2.12. The van der Waals surface area contributed by atoms with Crippen LogP contribution in [-0.2, 0) is 33.4 Å². The van der Waals surface area contributed by atoms with Crippen molar-refractivity contribution < 1.29 is 33.4 Å². The van der Waals surface area contributed by atoms with Gasteiger partial charge in [0.15, 0.2) is 5.60 Å². The third-order valence-electron chi connectivity index (χ3n) is 2.17. The summed E-state index contributed by atoms with van der Waals surface area (Å²) in [6.45, 7) is 8.00. The third kappa shape index (κ3) is 8.98. The molecule has 0 aromatic carbocycles. The largest absolute Gasteiger partial charge is 0.469 e. The molecular formula is C13H27NO7. The lowest BCUT2D eigenvalue weighted by Crippen LogP contribution is -2.46. The standard InChI is InChI=1S/C9H15NO7.2C2H6/c1-14-6(11)4-9(16-3,8(13)15-2)5-7(12)17-10;2*1-2/h4-5,10H2,1-3H3;2*1-2H3. The van der Waals surface area contributed by atoms with Gasteiger partial charge in [-0.05, 0) is 0 Å². The number of carbonyl (C=O) groups is 3. The fourth-order valence-electron chi connectivity index (χ4n) is 1.20. The van der Waals surface area contributed by atoms with E-state index in [2.05, 4.69) is 20.2 Å². The van der Waals surface area contributed by atoms with Crippen molar-refractivity contribution in [2.24, 2.45) is 5.90 Å². The Balaban J connectivity index is -0.000000739. The first-order valence-electron chi connectivity index (χ1n) is 6.55. The van der Waals surface area contributed by atoms with Crippen molar-refractivity contribution in [1.82, 2.24) is 0 Å². The van der Waals surface area contributed by atoms with Crippen LogP contribution in [0.25, 0.3) is 0 Å². The number of methoxy groups -OCH3 is 3. The Morgan fingerprint density at radius 3 is 1.57 bits per heavy atom. The number of nitrogens with two attached hydrogens (primary N) is 1. The predicted octanol–water partition coefficient (Wildman–Crippen LogP) is 0.967. The van der Waals surface area contributed by atoms with Gasteiger partial charge < -0.3 is 19.0 Å². The SMILES string of the molecule is CC.CC.COC(=O)CC(CC(=O)ON)(OC)C(=O)OC. The van der Waals surface area contributed by atoms with Crippen LogP contribution in [0.15, 0.2) is 0 Å². The zero-order valence-electron chi connectivity index (χ0n) is 13.8. The molecule has 0 aromatic heterocycles. The summed E-state index contributed by atoms with van der Waals surface area (Å²) in [6, 6.07) is 0. The number of ether oxygens (including phenoxy) is 3. The smallest absolute Gasteiger partial charge is 0.339 e. The van der Waals surface area contributed by atoms with Crippen molar-refractivity contribution in [2.75, 3.05) is 21.3 Å². The summed E-state index contributed by atoms with van der Waals surface area (Å²) in [5.41, 5.74) is -1.79. The molecule has 1 atom stereocenters. The third-order valence-corrected chi connectivity index (χ3v) is 2.17. The van der Waals surface area contributed by atoms with Gasteiger partial charge in [-0.3, -0.25) is 9.59 Å². The zero-order chi connectivity index (χ0) is 17.5. The number of rotatable bonds is 6. The highest BCUT2D eigenvalue weighted by atomic mass is 16.7. The van der Waals surface area contributed by atoms with Crippen molar-refractivity contribution in [1.29, 1.82) is 0 Å². The molecule has 0 saturated heterocycles. The molecule has 126 valence electrons. The summed E-state index contributed by atoms with van der Waals surface area (Å²) in [6.07, 6.45) is -1.04. The van der Waals surface area contributed by atoms with Crippen LogP contribution in [0.2, 0.25) is 0 Å². The fourth-order valence-corrected chi connectivity index (χ4v) is 1.20. The molecule has 1 unspecified atom stereocenters. The van der Waals surface area contributed by atoms with Gasteiger partial charge in [0.2, 0.25) is 0 Å². The Bertz CT molecular complexity index is 287. The molecule has 0 radical (unpaired) electrons. The van der Waals surface area contributed by atoms with Gasteiger partial charge >= 0.3 is 17.9 Å². The van der Waals surface area contributed by atoms with E-state index in [-0.39, 0.29) is 0 Å². The van der Waals surface area contributed by atoms with E-state index < -0.39 is 36.4 Å². The minimum atomic E-state index is -1.79. The summed E-state index contributed by atoms with van der Waals surface area (Å²) >= 11 is 0. The maximum Gasteiger partial charge on any atom is 0.339 e. The van der Waals surface area contributed by atoms with Gasteiger partial charge in [-0.25, -0.2) is 4.79 Å². The van der Waals surface area contributed by atoms with Gasteiger partial charge in [0, 0.05) is 7.11 Å². The minimum absolute atomic E-state index is 0.484. The topological polar surface area (TPSA) is 114 Å². The van der Waals surface area contributed by atoms with E-state index in [0.717, 1.165) is 21.3 Å². The van der Waals surface area contributed by atoms with Crippen LogP contribution >= 0.6 is 0 Å². The molecule has 8 nitrogen and oxygen atoms in total. The van der Waals surface area contributed by atoms with E-state index in [0.29, 0.717) is 0 Å². The summed E-state index contributed by atoms with van der Waals surface area (Å²) in [7, 11) is 3.39. The van der Waals surface area contributed by atoms with Gasteiger partial charge in [0.1, 0.15) is 0 Å². The molecular weight excluding hydrogens is 282 g/mol. The van der Waals surface area contributed by atoms with Crippen LogP contribution < -0.4 is 5.90 Å². The molecule has 8 heteroatoms. The van der Waals surface area contributed by atoms with Crippen LogP contribution in [0, 0.1) is 0 Å². The molecule has 0 rings (SSSR count). The molecule has 0 saturated carbocycles. The van der Waals surface area contributed by atoms with Gasteiger partial charge in [-0.2, -0.15) is 5.90 Å². The summed E-state index contributed by atoms with van der Waals surface area (Å²) in [4.78, 5) is 37.8. The monoisotopic (exact) mass is 309 g/mol. The van der Waals surface area contributed by atoms with E-state index in [1.807, 2.05) is 27.7 Å². The summed E-state index contributed by atoms with van der Waals surface area (Å²) < 4.78 is 13.8. The average molecular weight is 309 g/mol. The van der Waals surface area contributed by atoms with E-state index >= 15 is 0 Å². The van der Waals surface area contributed by atoms with Crippen molar-refractivity contribution in [3.8, 4) is 0 Å². The molecule has 0 bridgehead atoms. The molecule has 0 heterocycles. The predicted molar refractivity (Wildman–Crippen MR) is 76.0 cm³/mol. The van der Waals surface area contributed by atoms with E-state index in [1.54, 1.807) is 0 Å². The van der Waals surface area contributed by atoms with Crippen LogP contribution in [0.5, 0.6) is 0 Å². The minimum Gasteiger partial charge on any atom is -0.469 e. The number of hydrogen-bond donors (Lipinski definition) is 1. The van der Waals surface area contributed by atoms with Gasteiger partial charge in [-0.15, -0.1) is 0 Å². The van der Waals surface area contributed by atoms with Crippen LogP contribution in [-0.4, -0.2) is 44.8 Å². The molecule has 0 aliphatic rings. The molecule has 0 spiro atoms. The molecule has 21 heavy (non-hydrogen) atoms. The van der Waals surface area contributed by atoms with Crippen LogP contribution in [0.1, 0.15) is 40.5 Å². The highest BCUT2D eigenvalue weighted by Gasteiger charge is 2.45. The molecule has 0 aromatic rings. The Kier molecular flexibility index (Phi) is 17.1. The summed E-state index contributed by atoms with van der Waals surface area (Å²) in [5, 5.41) is 0. The van der Waals surface area contributed by atoms with Gasteiger partial charge in [-0.1, -0.05) is 27.7 Å². The van der Waals surface area contributed by atoms with Crippen molar-refractivity contribution in [3.63, 3.8) is 0 Å². The van der Waals surface area contributed by atoms with E-state index in [4.69, 9.17) is 4.74 Å². The zero-order valence-corrected chi connectivity index (χ0v) is 13.8. The normalized spacial score (nSPS) is 11.4. The van der Waals surface area contributed by atoms with Crippen molar-refractivity contribution >= 4 is 17.9 Å². The Labute approximate surface area is 125 Å². The molecule has 0 aliphatic heterocycles. The van der Waals surface area contributed by atoms with E-state index in [1.165, 1.54) is 0 Å². The second-order valence-electron chi connectivity index (χ2n) is 3.11. The molecule has 0 amide bonds. The quantitative estimate of drug-likeness (QED) is 0.570. The van der Waals surface area contributed by atoms with Crippen molar-refractivity contribution in [2.45, 2.75) is 46.1 Å².